The van der Waals surface area contributed by atoms with Crippen molar-refractivity contribution in [3.8, 4) is 11.3 Å². The number of fused-ring (bicyclic) bond motifs is 1. The average Bonchev–Trinajstić information content (AvgIpc) is 3.05. The number of pyridine rings is 1. The Kier molecular flexibility index (Phi) is 3.85. The molecule has 124 valence electrons. The molecule has 4 rings (SSSR count). The van der Waals surface area contributed by atoms with Gasteiger partial charge in [0, 0.05) is 24.5 Å². The van der Waals surface area contributed by atoms with Crippen LogP contribution < -0.4 is 5.32 Å². The SMILES string of the molecule is Cc1cc(NCc2ccc(F)cc2)n2ncc(-c3ccccn3)c2n1. The number of rotatable bonds is 4. The monoisotopic (exact) mass is 333 g/mol. The molecule has 0 saturated carbocycles. The lowest BCUT2D eigenvalue weighted by atomic mass is 10.2. The Balaban J connectivity index is 1.70. The van der Waals surface area contributed by atoms with Gasteiger partial charge in [-0.05, 0) is 36.8 Å². The second-order valence-electron chi connectivity index (χ2n) is 5.77. The summed E-state index contributed by atoms with van der Waals surface area (Å²) in [4.78, 5) is 8.99. The smallest absolute Gasteiger partial charge is 0.167 e. The Bertz CT molecular complexity index is 1010. The van der Waals surface area contributed by atoms with Gasteiger partial charge in [0.15, 0.2) is 5.65 Å². The van der Waals surface area contributed by atoms with Gasteiger partial charge in [0.2, 0.25) is 0 Å². The predicted octanol–water partition coefficient (Wildman–Crippen LogP) is 3.85. The third-order valence-electron chi connectivity index (χ3n) is 3.93. The molecule has 0 saturated heterocycles. The van der Waals surface area contributed by atoms with E-state index in [-0.39, 0.29) is 5.82 Å². The van der Waals surface area contributed by atoms with Crippen LogP contribution >= 0.6 is 0 Å². The van der Waals surface area contributed by atoms with E-state index in [1.165, 1.54) is 12.1 Å². The number of hydrogen-bond donors (Lipinski definition) is 1. The molecular weight excluding hydrogens is 317 g/mol. The van der Waals surface area contributed by atoms with E-state index in [1.54, 1.807) is 29.0 Å². The first kappa shape index (κ1) is 15.3. The van der Waals surface area contributed by atoms with Crippen molar-refractivity contribution in [2.75, 3.05) is 5.32 Å². The molecule has 25 heavy (non-hydrogen) atoms. The van der Waals surface area contributed by atoms with Crippen LogP contribution in [0.2, 0.25) is 0 Å². The molecule has 3 aromatic heterocycles. The van der Waals surface area contributed by atoms with Crippen LogP contribution in [0, 0.1) is 12.7 Å². The molecule has 4 aromatic rings. The highest BCUT2D eigenvalue weighted by atomic mass is 19.1. The maximum Gasteiger partial charge on any atom is 0.167 e. The van der Waals surface area contributed by atoms with Crippen LogP contribution in [0.5, 0.6) is 0 Å². The summed E-state index contributed by atoms with van der Waals surface area (Å²) in [6, 6.07) is 14.1. The minimum absolute atomic E-state index is 0.238. The van der Waals surface area contributed by atoms with E-state index in [4.69, 9.17) is 0 Å². The number of benzene rings is 1. The molecule has 6 heteroatoms. The number of nitrogens with one attached hydrogen (secondary N) is 1. The summed E-state index contributed by atoms with van der Waals surface area (Å²) in [6.07, 6.45) is 3.52. The van der Waals surface area contributed by atoms with Gasteiger partial charge in [-0.15, -0.1) is 0 Å². The highest BCUT2D eigenvalue weighted by molar-refractivity contribution is 5.75. The summed E-state index contributed by atoms with van der Waals surface area (Å²) in [5.74, 6) is 0.590. The standard InChI is InChI=1S/C19H16FN5/c1-13-10-18(22-11-14-5-7-15(20)8-6-14)25-19(24-13)16(12-23-25)17-4-2-3-9-21-17/h2-10,12,22H,11H2,1H3. The van der Waals surface area contributed by atoms with E-state index >= 15 is 0 Å². The third-order valence-corrected chi connectivity index (χ3v) is 3.93. The van der Waals surface area contributed by atoms with Gasteiger partial charge in [0.25, 0.3) is 0 Å². The van der Waals surface area contributed by atoms with Crippen molar-refractivity contribution in [3.05, 3.63) is 78.0 Å². The van der Waals surface area contributed by atoms with E-state index in [2.05, 4.69) is 20.4 Å². The molecule has 0 aliphatic carbocycles. The molecule has 0 aliphatic rings. The lowest BCUT2D eigenvalue weighted by molar-refractivity contribution is 0.627. The zero-order valence-corrected chi connectivity index (χ0v) is 13.6. The number of halogens is 1. The first-order valence-corrected chi connectivity index (χ1v) is 7.96. The summed E-state index contributed by atoms with van der Waals surface area (Å²) in [5, 5.41) is 7.80. The number of nitrogens with zero attached hydrogens (tertiary/aromatic N) is 4. The molecule has 0 spiro atoms. The predicted molar refractivity (Wildman–Crippen MR) is 94.7 cm³/mol. The molecule has 0 unspecified atom stereocenters. The van der Waals surface area contributed by atoms with Crippen molar-refractivity contribution in [2.45, 2.75) is 13.5 Å². The fourth-order valence-electron chi connectivity index (χ4n) is 2.71. The molecule has 1 N–H and O–H groups in total. The molecule has 1 aromatic carbocycles. The third kappa shape index (κ3) is 3.06. The Morgan fingerprint density at radius 3 is 2.72 bits per heavy atom. The van der Waals surface area contributed by atoms with Crippen LogP contribution in [-0.4, -0.2) is 19.6 Å². The average molecular weight is 333 g/mol. The van der Waals surface area contributed by atoms with Gasteiger partial charge in [0.1, 0.15) is 11.6 Å². The van der Waals surface area contributed by atoms with Gasteiger partial charge in [0.05, 0.1) is 17.5 Å². The summed E-state index contributed by atoms with van der Waals surface area (Å²) in [5.41, 5.74) is 4.34. The Morgan fingerprint density at radius 2 is 1.96 bits per heavy atom. The first-order chi connectivity index (χ1) is 12.2. The van der Waals surface area contributed by atoms with E-state index in [0.717, 1.165) is 34.0 Å². The Morgan fingerprint density at radius 1 is 1.12 bits per heavy atom. The minimum Gasteiger partial charge on any atom is -0.366 e. The van der Waals surface area contributed by atoms with Crippen molar-refractivity contribution < 1.29 is 4.39 Å². The maximum absolute atomic E-state index is 13.0. The van der Waals surface area contributed by atoms with Gasteiger partial charge in [-0.25, -0.2) is 9.37 Å². The van der Waals surface area contributed by atoms with E-state index in [1.807, 2.05) is 31.2 Å². The highest BCUT2D eigenvalue weighted by Gasteiger charge is 2.12. The fourth-order valence-corrected chi connectivity index (χ4v) is 2.71. The summed E-state index contributed by atoms with van der Waals surface area (Å²) >= 11 is 0. The quantitative estimate of drug-likeness (QED) is 0.616. The summed E-state index contributed by atoms with van der Waals surface area (Å²) in [6.45, 7) is 2.51. The second-order valence-corrected chi connectivity index (χ2v) is 5.77. The van der Waals surface area contributed by atoms with Gasteiger partial charge in [-0.3, -0.25) is 4.98 Å². The van der Waals surface area contributed by atoms with E-state index < -0.39 is 0 Å². The fraction of sp³-hybridized carbons (Fsp3) is 0.105. The topological polar surface area (TPSA) is 55.1 Å². The van der Waals surface area contributed by atoms with E-state index in [9.17, 15) is 4.39 Å². The second kappa shape index (κ2) is 6.32. The number of hydrogen-bond acceptors (Lipinski definition) is 4. The van der Waals surface area contributed by atoms with Crippen LogP contribution in [0.25, 0.3) is 16.9 Å². The molecule has 0 aliphatic heterocycles. The molecule has 0 atom stereocenters. The van der Waals surface area contributed by atoms with Gasteiger partial charge < -0.3 is 5.32 Å². The maximum atomic E-state index is 13.0. The molecule has 0 fully saturated rings. The Labute approximate surface area is 144 Å². The number of aromatic nitrogens is 4. The molecule has 5 nitrogen and oxygen atoms in total. The minimum atomic E-state index is -0.238. The van der Waals surface area contributed by atoms with Crippen LogP contribution in [0.3, 0.4) is 0 Å². The number of anilines is 1. The highest BCUT2D eigenvalue weighted by Crippen LogP contribution is 2.24. The zero-order valence-electron chi connectivity index (χ0n) is 13.6. The molecule has 3 heterocycles. The van der Waals surface area contributed by atoms with Crippen LogP contribution in [0.4, 0.5) is 10.2 Å². The molecule has 0 bridgehead atoms. The number of aryl methyl sites for hydroxylation is 1. The van der Waals surface area contributed by atoms with Crippen LogP contribution in [-0.2, 0) is 6.54 Å². The van der Waals surface area contributed by atoms with Gasteiger partial charge in [-0.2, -0.15) is 9.61 Å². The van der Waals surface area contributed by atoms with Gasteiger partial charge in [-0.1, -0.05) is 18.2 Å². The van der Waals surface area contributed by atoms with Crippen molar-refractivity contribution in [1.82, 2.24) is 19.6 Å². The molecular formula is C19H16FN5. The van der Waals surface area contributed by atoms with Crippen LogP contribution in [0.15, 0.2) is 60.9 Å². The molecule has 0 amide bonds. The lowest BCUT2D eigenvalue weighted by Gasteiger charge is -2.10. The normalized spacial score (nSPS) is 11.0. The first-order valence-electron chi connectivity index (χ1n) is 7.96. The summed E-state index contributed by atoms with van der Waals surface area (Å²) in [7, 11) is 0. The van der Waals surface area contributed by atoms with E-state index in [0.29, 0.717) is 6.54 Å². The van der Waals surface area contributed by atoms with Crippen molar-refractivity contribution in [3.63, 3.8) is 0 Å². The van der Waals surface area contributed by atoms with Crippen molar-refractivity contribution >= 4 is 11.5 Å². The summed E-state index contributed by atoms with van der Waals surface area (Å²) < 4.78 is 14.8. The van der Waals surface area contributed by atoms with Crippen LogP contribution in [0.1, 0.15) is 11.3 Å². The van der Waals surface area contributed by atoms with Gasteiger partial charge >= 0.3 is 0 Å². The Hall–Kier alpha value is -3.28. The lowest BCUT2D eigenvalue weighted by Crippen LogP contribution is -2.07. The largest absolute Gasteiger partial charge is 0.366 e. The molecule has 0 radical (unpaired) electrons. The zero-order chi connectivity index (χ0) is 17.2. The van der Waals surface area contributed by atoms with Crippen molar-refractivity contribution in [1.29, 1.82) is 0 Å². The van der Waals surface area contributed by atoms with Crippen molar-refractivity contribution in [2.24, 2.45) is 0 Å².